The minimum atomic E-state index is -0.715. The molecule has 1 aromatic carbocycles. The van der Waals surface area contributed by atoms with E-state index in [0.717, 1.165) is 10.7 Å². The zero-order valence-electron chi connectivity index (χ0n) is 12.1. The molecule has 112 valence electrons. The van der Waals surface area contributed by atoms with Crippen LogP contribution >= 0.6 is 12.2 Å². The first-order valence-electron chi connectivity index (χ1n) is 6.47. The number of thiocarbonyl (C=S) groups is 1. The third-order valence-electron chi connectivity index (χ3n) is 2.63. The van der Waals surface area contributed by atoms with Crippen molar-refractivity contribution < 1.29 is 14.3 Å². The highest BCUT2D eigenvalue weighted by Crippen LogP contribution is 2.20. The van der Waals surface area contributed by atoms with Crippen LogP contribution in [0.2, 0.25) is 0 Å². The predicted octanol–water partition coefficient (Wildman–Crippen LogP) is 2.06. The number of nitrogens with one attached hydrogen (secondary N) is 1. The summed E-state index contributed by atoms with van der Waals surface area (Å²) in [6.45, 7) is 5.31. The molecule has 1 saturated heterocycles. The number of para-hydroxylation sites is 1. The van der Waals surface area contributed by atoms with E-state index in [0.29, 0.717) is 0 Å². The number of benzene rings is 1. The molecule has 7 heteroatoms. The van der Waals surface area contributed by atoms with Gasteiger partial charge in [-0.2, -0.15) is 5.01 Å². The lowest BCUT2D eigenvalue weighted by Crippen LogP contribution is -2.48. The minimum Gasteiger partial charge on any atom is -0.443 e. The molecule has 0 spiro atoms. The molecule has 6 nitrogen and oxygen atoms in total. The van der Waals surface area contributed by atoms with E-state index < -0.39 is 11.7 Å². The first-order chi connectivity index (χ1) is 9.78. The lowest BCUT2D eigenvalue weighted by atomic mass is 10.2. The van der Waals surface area contributed by atoms with Crippen molar-refractivity contribution in [1.29, 1.82) is 0 Å². The first-order valence-corrected chi connectivity index (χ1v) is 6.88. The van der Waals surface area contributed by atoms with E-state index in [4.69, 9.17) is 17.0 Å². The molecule has 0 saturated carbocycles. The van der Waals surface area contributed by atoms with Crippen LogP contribution in [-0.2, 0) is 9.53 Å². The summed E-state index contributed by atoms with van der Waals surface area (Å²) in [5, 5.41) is 1.26. The minimum absolute atomic E-state index is 0.0820. The van der Waals surface area contributed by atoms with Crippen molar-refractivity contribution in [2.24, 2.45) is 0 Å². The number of amides is 2. The van der Waals surface area contributed by atoms with E-state index in [1.807, 2.05) is 30.3 Å². The second kappa shape index (κ2) is 5.69. The maximum atomic E-state index is 12.0. The Balaban J connectivity index is 2.07. The van der Waals surface area contributed by atoms with Crippen LogP contribution in [0.1, 0.15) is 20.8 Å². The third kappa shape index (κ3) is 3.69. The lowest BCUT2D eigenvalue weighted by Gasteiger charge is -2.24. The average molecular weight is 307 g/mol. The van der Waals surface area contributed by atoms with Crippen LogP contribution in [0.4, 0.5) is 10.5 Å². The highest BCUT2D eigenvalue weighted by atomic mass is 32.1. The fourth-order valence-electron chi connectivity index (χ4n) is 1.81. The maximum absolute atomic E-state index is 12.0. The Hall–Kier alpha value is -2.15. The number of rotatable bonds is 2. The number of nitrogens with zero attached hydrogens (tertiary/aromatic N) is 2. The number of hydrogen-bond acceptors (Lipinski definition) is 4. The fourth-order valence-corrected chi connectivity index (χ4v) is 2.13. The molecule has 1 aromatic rings. The van der Waals surface area contributed by atoms with Crippen LogP contribution in [0.3, 0.4) is 0 Å². The predicted molar refractivity (Wildman–Crippen MR) is 82.6 cm³/mol. The summed E-state index contributed by atoms with van der Waals surface area (Å²) in [5.74, 6) is -0.310. The van der Waals surface area contributed by atoms with Crippen LogP contribution in [-0.4, -0.2) is 34.3 Å². The molecule has 21 heavy (non-hydrogen) atoms. The molecule has 0 unspecified atom stereocenters. The standard InChI is InChI=1S/C14H17N3O3S/c1-14(2,3)20-12(19)15-17-11(18)9-16(13(17)21)10-7-5-4-6-8-10/h4-8H,9H2,1-3H3,(H,15,19). The molecular weight excluding hydrogens is 290 g/mol. The van der Waals surface area contributed by atoms with E-state index in [2.05, 4.69) is 5.43 Å². The van der Waals surface area contributed by atoms with Gasteiger partial charge in [-0.25, -0.2) is 10.2 Å². The van der Waals surface area contributed by atoms with Crippen LogP contribution in [0.25, 0.3) is 0 Å². The number of ether oxygens (including phenoxy) is 1. The van der Waals surface area contributed by atoms with Crippen molar-refractivity contribution in [1.82, 2.24) is 10.4 Å². The largest absolute Gasteiger partial charge is 0.443 e. The third-order valence-corrected chi connectivity index (χ3v) is 3.04. The summed E-state index contributed by atoms with van der Waals surface area (Å²) in [7, 11) is 0. The first kappa shape index (κ1) is 15.2. The summed E-state index contributed by atoms with van der Waals surface area (Å²) in [5.41, 5.74) is 2.52. The van der Waals surface area contributed by atoms with E-state index in [9.17, 15) is 9.59 Å². The van der Waals surface area contributed by atoms with E-state index in [-0.39, 0.29) is 17.6 Å². The normalized spacial score (nSPS) is 15.4. The summed E-state index contributed by atoms with van der Waals surface area (Å²) in [6.07, 6.45) is -0.715. The second-order valence-electron chi connectivity index (χ2n) is 5.55. The Kier molecular flexibility index (Phi) is 4.13. The van der Waals surface area contributed by atoms with Crippen molar-refractivity contribution in [3.63, 3.8) is 0 Å². The van der Waals surface area contributed by atoms with Gasteiger partial charge in [0.15, 0.2) is 0 Å². The SMILES string of the molecule is CC(C)(C)OC(=O)NN1C(=O)CN(c2ccccc2)C1=S. The zero-order valence-corrected chi connectivity index (χ0v) is 12.9. The average Bonchev–Trinajstić information content (AvgIpc) is 2.66. The van der Waals surface area contributed by atoms with Crippen LogP contribution in [0.15, 0.2) is 30.3 Å². The molecule has 1 heterocycles. The molecule has 1 aliphatic rings. The van der Waals surface area contributed by atoms with Crippen molar-refractivity contribution in [3.8, 4) is 0 Å². The van der Waals surface area contributed by atoms with Gasteiger partial charge in [0.2, 0.25) is 5.11 Å². The summed E-state index contributed by atoms with van der Waals surface area (Å²) in [6, 6.07) is 9.27. The van der Waals surface area contributed by atoms with Gasteiger partial charge < -0.3 is 9.64 Å². The number of carbonyl (C=O) groups is 2. The number of hydrazine groups is 1. The van der Waals surface area contributed by atoms with Gasteiger partial charge in [-0.1, -0.05) is 18.2 Å². The van der Waals surface area contributed by atoms with Gasteiger partial charge in [0.25, 0.3) is 5.91 Å². The van der Waals surface area contributed by atoms with Crippen molar-refractivity contribution in [2.45, 2.75) is 26.4 Å². The van der Waals surface area contributed by atoms with Gasteiger partial charge in [-0.05, 0) is 45.1 Å². The van der Waals surface area contributed by atoms with Gasteiger partial charge in [0.1, 0.15) is 12.1 Å². The molecule has 1 fully saturated rings. The van der Waals surface area contributed by atoms with Gasteiger partial charge in [-0.3, -0.25) is 4.79 Å². The van der Waals surface area contributed by atoms with E-state index in [1.165, 1.54) is 0 Å². The Morgan fingerprint density at radius 2 is 1.90 bits per heavy atom. The topological polar surface area (TPSA) is 61.9 Å². The Morgan fingerprint density at radius 1 is 1.29 bits per heavy atom. The molecule has 1 aliphatic heterocycles. The molecular formula is C14H17N3O3S. The highest BCUT2D eigenvalue weighted by molar-refractivity contribution is 7.80. The maximum Gasteiger partial charge on any atom is 0.427 e. The molecule has 0 aromatic heterocycles. The van der Waals surface area contributed by atoms with Gasteiger partial charge >= 0.3 is 6.09 Å². The molecule has 0 bridgehead atoms. The summed E-state index contributed by atoms with van der Waals surface area (Å²) < 4.78 is 5.12. The number of carbonyl (C=O) groups excluding carboxylic acids is 2. The Bertz CT molecular complexity index is 569. The van der Waals surface area contributed by atoms with Crippen LogP contribution < -0.4 is 10.3 Å². The van der Waals surface area contributed by atoms with Gasteiger partial charge in [0, 0.05) is 5.69 Å². The summed E-state index contributed by atoms with van der Waals surface area (Å²) >= 11 is 5.24. The monoisotopic (exact) mass is 307 g/mol. The van der Waals surface area contributed by atoms with E-state index >= 15 is 0 Å². The molecule has 1 N–H and O–H groups in total. The fraction of sp³-hybridized carbons (Fsp3) is 0.357. The molecule has 2 rings (SSSR count). The quantitative estimate of drug-likeness (QED) is 0.847. The van der Waals surface area contributed by atoms with Crippen molar-refractivity contribution in [3.05, 3.63) is 30.3 Å². The molecule has 2 amide bonds. The Labute approximate surface area is 128 Å². The highest BCUT2D eigenvalue weighted by Gasteiger charge is 2.35. The van der Waals surface area contributed by atoms with Crippen molar-refractivity contribution >= 4 is 35.0 Å². The second-order valence-corrected chi connectivity index (χ2v) is 5.91. The molecule has 0 aliphatic carbocycles. The van der Waals surface area contributed by atoms with E-state index in [1.54, 1.807) is 25.7 Å². The van der Waals surface area contributed by atoms with Crippen LogP contribution in [0.5, 0.6) is 0 Å². The molecule has 0 radical (unpaired) electrons. The smallest absolute Gasteiger partial charge is 0.427 e. The van der Waals surface area contributed by atoms with Gasteiger partial charge in [0.05, 0.1) is 0 Å². The van der Waals surface area contributed by atoms with Crippen molar-refractivity contribution in [2.75, 3.05) is 11.4 Å². The van der Waals surface area contributed by atoms with Crippen LogP contribution in [0, 0.1) is 0 Å². The zero-order chi connectivity index (χ0) is 15.6. The number of hydrogen-bond donors (Lipinski definition) is 1. The summed E-state index contributed by atoms with van der Waals surface area (Å²) in [4.78, 5) is 25.4. The number of anilines is 1. The lowest BCUT2D eigenvalue weighted by molar-refractivity contribution is -0.126. The Morgan fingerprint density at radius 3 is 2.48 bits per heavy atom. The molecule has 0 atom stereocenters. The van der Waals surface area contributed by atoms with Gasteiger partial charge in [-0.15, -0.1) is 0 Å².